The summed E-state index contributed by atoms with van der Waals surface area (Å²) in [4.78, 5) is 11.6. The second kappa shape index (κ2) is 10.4. The summed E-state index contributed by atoms with van der Waals surface area (Å²) in [6.45, 7) is 1.22. The van der Waals surface area contributed by atoms with Crippen LogP contribution in [0.15, 0.2) is 53.9 Å². The van der Waals surface area contributed by atoms with Crippen molar-refractivity contribution in [1.29, 1.82) is 0 Å². The monoisotopic (exact) mass is 510 g/mol. The van der Waals surface area contributed by atoms with E-state index in [1.54, 1.807) is 18.2 Å². The van der Waals surface area contributed by atoms with Gasteiger partial charge in [0.25, 0.3) is 0 Å². The van der Waals surface area contributed by atoms with Crippen molar-refractivity contribution >= 4 is 39.1 Å². The van der Waals surface area contributed by atoms with E-state index in [2.05, 4.69) is 35.5 Å². The molecule has 0 aliphatic rings. The van der Waals surface area contributed by atoms with E-state index in [9.17, 15) is 21.6 Å². The van der Waals surface area contributed by atoms with Gasteiger partial charge in [-0.25, -0.2) is 18.4 Å². The third-order valence-electron chi connectivity index (χ3n) is 4.59. The molecule has 0 aliphatic carbocycles. The summed E-state index contributed by atoms with van der Waals surface area (Å²) in [7, 11) is -3.65. The fraction of sp³-hybridized carbons (Fsp3) is 0.200. The van der Waals surface area contributed by atoms with Crippen molar-refractivity contribution in [2.24, 2.45) is 10.9 Å². The number of hydrogen-bond acceptors (Lipinski definition) is 9. The molecular formula is C20H21F3N8O3S. The molecule has 0 saturated carbocycles. The van der Waals surface area contributed by atoms with E-state index in [4.69, 9.17) is 10.9 Å². The first-order chi connectivity index (χ1) is 16.5. The molecule has 0 atom stereocenters. The zero-order valence-electron chi connectivity index (χ0n) is 18.2. The highest BCUT2D eigenvalue weighted by Gasteiger charge is 2.35. The number of anilines is 4. The van der Waals surface area contributed by atoms with Gasteiger partial charge in [0.1, 0.15) is 17.2 Å². The first-order valence-corrected chi connectivity index (χ1v) is 11.6. The topological polar surface area (TPSA) is 168 Å². The minimum Gasteiger partial charge on any atom is -0.409 e. The maximum absolute atomic E-state index is 13.6. The number of benzene rings is 1. The van der Waals surface area contributed by atoms with E-state index in [0.29, 0.717) is 23.0 Å². The van der Waals surface area contributed by atoms with Gasteiger partial charge in [-0.15, -0.1) is 0 Å². The van der Waals surface area contributed by atoms with Gasteiger partial charge in [-0.2, -0.15) is 18.2 Å². The molecule has 6 N–H and O–H groups in total. The number of aromatic nitrogens is 3. The Morgan fingerprint density at radius 1 is 1.17 bits per heavy atom. The molecule has 0 amide bonds. The lowest BCUT2D eigenvalue weighted by atomic mass is 10.2. The van der Waals surface area contributed by atoms with Crippen molar-refractivity contribution in [3.63, 3.8) is 0 Å². The third-order valence-corrected chi connectivity index (χ3v) is 5.85. The summed E-state index contributed by atoms with van der Waals surface area (Å²) in [5.41, 5.74) is 5.49. The van der Waals surface area contributed by atoms with Crippen molar-refractivity contribution in [3.8, 4) is 0 Å². The van der Waals surface area contributed by atoms with Gasteiger partial charge in [0.05, 0.1) is 5.75 Å². The Labute approximate surface area is 198 Å². The number of nitrogens with two attached hydrogens (primary N) is 1. The normalized spacial score (nSPS) is 12.3. The number of sulfonamides is 1. The van der Waals surface area contributed by atoms with Gasteiger partial charge in [0.2, 0.25) is 16.0 Å². The molecule has 0 unspecified atom stereocenters. The summed E-state index contributed by atoms with van der Waals surface area (Å²) in [5, 5.41) is 17.1. The Bertz CT molecular complexity index is 1330. The molecule has 3 rings (SSSR count). The van der Waals surface area contributed by atoms with Crippen LogP contribution in [0.25, 0.3) is 0 Å². The Morgan fingerprint density at radius 2 is 1.94 bits per heavy atom. The summed E-state index contributed by atoms with van der Waals surface area (Å²) < 4.78 is 66.8. The number of oxime groups is 1. The summed E-state index contributed by atoms with van der Waals surface area (Å²) in [5.74, 6) is -1.06. The van der Waals surface area contributed by atoms with Gasteiger partial charge < -0.3 is 21.6 Å². The zero-order chi connectivity index (χ0) is 25.6. The van der Waals surface area contributed by atoms with Gasteiger partial charge in [-0.1, -0.05) is 23.4 Å². The van der Waals surface area contributed by atoms with Crippen LogP contribution in [0.5, 0.6) is 0 Å². The fourth-order valence-electron chi connectivity index (χ4n) is 2.80. The van der Waals surface area contributed by atoms with Crippen LogP contribution in [0.1, 0.15) is 23.6 Å². The lowest BCUT2D eigenvalue weighted by molar-refractivity contribution is -0.137. The Balaban J connectivity index is 1.89. The Hall–Kier alpha value is -4.14. The smallest absolute Gasteiger partial charge is 0.409 e. The molecule has 11 nitrogen and oxygen atoms in total. The van der Waals surface area contributed by atoms with E-state index < -0.39 is 27.6 Å². The molecule has 3 aromatic rings. The minimum atomic E-state index is -4.76. The molecule has 35 heavy (non-hydrogen) atoms. The van der Waals surface area contributed by atoms with Gasteiger partial charge in [0.15, 0.2) is 5.84 Å². The lowest BCUT2D eigenvalue weighted by Gasteiger charge is -2.16. The van der Waals surface area contributed by atoms with Crippen molar-refractivity contribution in [3.05, 3.63) is 65.5 Å². The van der Waals surface area contributed by atoms with Gasteiger partial charge in [-0.05, 0) is 25.1 Å². The van der Waals surface area contributed by atoms with Crippen molar-refractivity contribution in [1.82, 2.24) is 15.0 Å². The van der Waals surface area contributed by atoms with Crippen LogP contribution in [-0.2, 0) is 22.7 Å². The number of amidine groups is 1. The number of hydrogen-bond donors (Lipinski definition) is 5. The standard InChI is InChI=1S/C20H21F3N8O3S/c1-2-35(33,34)31-17-13(6-4-8-25-17)10-26-18-15(20(21,22)23)11-27-19(29-18)28-14-7-3-5-12(9-14)16(24)30-32/h3-9,11,32H,2,10H2,1H3,(H2,24,30)(H,25,31)(H2,26,27,28,29). The SMILES string of the molecule is CCS(=O)(=O)Nc1ncccc1CNc1nc(Nc2cccc(C(N)=NO)c2)ncc1C(F)(F)F. The lowest BCUT2D eigenvalue weighted by Crippen LogP contribution is -2.18. The largest absolute Gasteiger partial charge is 0.421 e. The van der Waals surface area contributed by atoms with Crippen molar-refractivity contribution in [2.75, 3.05) is 21.1 Å². The molecular weight excluding hydrogens is 489 g/mol. The fourth-order valence-corrected chi connectivity index (χ4v) is 3.42. The predicted octanol–water partition coefficient (Wildman–Crippen LogP) is 3.10. The second-order valence-corrected chi connectivity index (χ2v) is 9.03. The first kappa shape index (κ1) is 25.5. The summed E-state index contributed by atoms with van der Waals surface area (Å²) in [6, 6.07) is 9.26. The highest BCUT2D eigenvalue weighted by atomic mass is 32.2. The first-order valence-electron chi connectivity index (χ1n) is 10.00. The minimum absolute atomic E-state index is 0.0113. The summed E-state index contributed by atoms with van der Waals surface area (Å²) >= 11 is 0. The van der Waals surface area contributed by atoms with E-state index >= 15 is 0 Å². The molecule has 0 saturated heterocycles. The number of rotatable bonds is 9. The molecule has 2 aromatic heterocycles. The van der Waals surface area contributed by atoms with E-state index in [0.717, 1.165) is 0 Å². The van der Waals surface area contributed by atoms with Crippen LogP contribution in [0.3, 0.4) is 0 Å². The molecule has 0 radical (unpaired) electrons. The molecule has 186 valence electrons. The second-order valence-electron chi connectivity index (χ2n) is 7.01. The van der Waals surface area contributed by atoms with Gasteiger partial charge >= 0.3 is 6.18 Å². The quantitative estimate of drug-likeness (QED) is 0.126. The van der Waals surface area contributed by atoms with Crippen LogP contribution in [0.4, 0.5) is 36.4 Å². The van der Waals surface area contributed by atoms with Crippen LogP contribution >= 0.6 is 0 Å². The number of alkyl halides is 3. The molecule has 2 heterocycles. The highest BCUT2D eigenvalue weighted by Crippen LogP contribution is 2.34. The summed E-state index contributed by atoms with van der Waals surface area (Å²) in [6.07, 6.45) is -2.78. The zero-order valence-corrected chi connectivity index (χ0v) is 19.0. The molecule has 15 heteroatoms. The average molecular weight is 511 g/mol. The third kappa shape index (κ3) is 6.69. The molecule has 1 aromatic carbocycles. The highest BCUT2D eigenvalue weighted by molar-refractivity contribution is 7.92. The van der Waals surface area contributed by atoms with E-state index in [1.165, 1.54) is 31.3 Å². The average Bonchev–Trinajstić information content (AvgIpc) is 2.82. The molecule has 0 aliphatic heterocycles. The molecule has 0 fully saturated rings. The van der Waals surface area contributed by atoms with Crippen LogP contribution in [0, 0.1) is 0 Å². The maximum atomic E-state index is 13.6. The van der Waals surface area contributed by atoms with E-state index in [-0.39, 0.29) is 29.9 Å². The number of halogens is 3. The van der Waals surface area contributed by atoms with Crippen LogP contribution < -0.4 is 21.1 Å². The number of pyridine rings is 1. The Kier molecular flexibility index (Phi) is 7.58. The van der Waals surface area contributed by atoms with Gasteiger partial charge in [-0.3, -0.25) is 4.72 Å². The van der Waals surface area contributed by atoms with Crippen LogP contribution in [-0.4, -0.2) is 40.2 Å². The molecule has 0 bridgehead atoms. The van der Waals surface area contributed by atoms with Crippen molar-refractivity contribution < 1.29 is 26.8 Å². The predicted molar refractivity (Wildman–Crippen MR) is 124 cm³/mol. The van der Waals surface area contributed by atoms with E-state index in [1.807, 2.05) is 0 Å². The Morgan fingerprint density at radius 3 is 2.63 bits per heavy atom. The van der Waals surface area contributed by atoms with Gasteiger partial charge in [0, 0.05) is 35.8 Å². The number of nitrogens with one attached hydrogen (secondary N) is 3. The van der Waals surface area contributed by atoms with Crippen molar-refractivity contribution in [2.45, 2.75) is 19.6 Å². The van der Waals surface area contributed by atoms with Crippen LogP contribution in [0.2, 0.25) is 0 Å². The maximum Gasteiger partial charge on any atom is 0.421 e. The number of nitrogens with zero attached hydrogens (tertiary/aromatic N) is 4. The molecule has 0 spiro atoms.